The van der Waals surface area contributed by atoms with Crippen molar-refractivity contribution in [2.24, 2.45) is 5.10 Å². The Morgan fingerprint density at radius 2 is 1.81 bits per heavy atom. The van der Waals surface area contributed by atoms with Crippen LogP contribution in [0.3, 0.4) is 0 Å². The molecule has 27 heavy (non-hydrogen) atoms. The molecule has 0 bridgehead atoms. The largest absolute Gasteiger partial charge is 0.478 e. The lowest BCUT2D eigenvalue weighted by atomic mass is 10.1. The topological polar surface area (TPSA) is 70.9 Å². The zero-order chi connectivity index (χ0) is 19.2. The van der Waals surface area contributed by atoms with Crippen molar-refractivity contribution >= 4 is 17.9 Å². The van der Waals surface area contributed by atoms with Crippen molar-refractivity contribution in [2.75, 3.05) is 5.43 Å². The van der Waals surface area contributed by atoms with Gasteiger partial charge in [-0.1, -0.05) is 18.2 Å². The van der Waals surface area contributed by atoms with Gasteiger partial charge in [0.25, 0.3) is 0 Å². The monoisotopic (exact) mass is 360 g/mol. The van der Waals surface area contributed by atoms with Crippen molar-refractivity contribution in [3.63, 3.8) is 0 Å². The number of aromatic carboxylic acids is 1. The molecule has 0 saturated carbocycles. The van der Waals surface area contributed by atoms with E-state index in [1.807, 2.05) is 50.2 Å². The van der Waals surface area contributed by atoms with Crippen LogP contribution in [0, 0.1) is 13.8 Å². The van der Waals surface area contributed by atoms with Crippen molar-refractivity contribution in [2.45, 2.75) is 13.8 Å². The second-order valence-corrected chi connectivity index (χ2v) is 6.20. The molecule has 0 aliphatic carbocycles. The second-order valence-electron chi connectivity index (χ2n) is 6.20. The van der Waals surface area contributed by atoms with Crippen LogP contribution in [-0.4, -0.2) is 17.3 Å². The third kappa shape index (κ3) is 4.95. The van der Waals surface area contributed by atoms with Crippen molar-refractivity contribution in [3.8, 4) is 11.5 Å². The molecular weight excluding hydrogens is 340 g/mol. The first kappa shape index (κ1) is 18.2. The molecule has 0 atom stereocenters. The fraction of sp³-hybridized carbons (Fsp3) is 0.0909. The highest BCUT2D eigenvalue weighted by molar-refractivity contribution is 5.88. The molecule has 136 valence electrons. The minimum Gasteiger partial charge on any atom is -0.478 e. The smallest absolute Gasteiger partial charge is 0.335 e. The molecule has 5 heteroatoms. The Labute approximate surface area is 157 Å². The van der Waals surface area contributed by atoms with Crippen molar-refractivity contribution in [3.05, 3.63) is 89.0 Å². The van der Waals surface area contributed by atoms with Crippen LogP contribution in [0.1, 0.15) is 27.0 Å². The summed E-state index contributed by atoms with van der Waals surface area (Å²) in [5, 5.41) is 13.1. The summed E-state index contributed by atoms with van der Waals surface area (Å²) in [6, 6.07) is 20.2. The van der Waals surface area contributed by atoms with E-state index in [0.29, 0.717) is 5.69 Å². The van der Waals surface area contributed by atoms with E-state index in [9.17, 15) is 4.79 Å². The van der Waals surface area contributed by atoms with Crippen LogP contribution in [0.4, 0.5) is 5.69 Å². The van der Waals surface area contributed by atoms with Crippen LogP contribution in [0.2, 0.25) is 0 Å². The first-order valence-electron chi connectivity index (χ1n) is 8.49. The maximum Gasteiger partial charge on any atom is 0.335 e. The molecule has 3 aromatic rings. The molecule has 0 aromatic heterocycles. The van der Waals surface area contributed by atoms with Gasteiger partial charge in [-0.2, -0.15) is 5.10 Å². The van der Waals surface area contributed by atoms with Gasteiger partial charge in [-0.3, -0.25) is 5.43 Å². The molecular formula is C22H20N2O3. The highest BCUT2D eigenvalue weighted by Crippen LogP contribution is 2.26. The molecule has 0 spiro atoms. The lowest BCUT2D eigenvalue weighted by Crippen LogP contribution is -1.97. The summed E-state index contributed by atoms with van der Waals surface area (Å²) in [5.41, 5.74) is 6.78. The number of rotatable bonds is 6. The predicted octanol–water partition coefficient (Wildman–Crippen LogP) is 5.24. The van der Waals surface area contributed by atoms with E-state index in [1.54, 1.807) is 18.3 Å². The van der Waals surface area contributed by atoms with Crippen LogP contribution >= 0.6 is 0 Å². The van der Waals surface area contributed by atoms with Gasteiger partial charge in [0.05, 0.1) is 17.5 Å². The molecule has 0 fully saturated rings. The summed E-state index contributed by atoms with van der Waals surface area (Å²) in [5.74, 6) is 0.626. The van der Waals surface area contributed by atoms with Crippen LogP contribution in [0.5, 0.6) is 11.5 Å². The van der Waals surface area contributed by atoms with Gasteiger partial charge in [-0.05, 0) is 79.1 Å². The fourth-order valence-electron chi connectivity index (χ4n) is 2.47. The maximum absolute atomic E-state index is 11.0. The molecule has 0 amide bonds. The molecule has 0 saturated heterocycles. The van der Waals surface area contributed by atoms with Crippen molar-refractivity contribution in [1.29, 1.82) is 0 Å². The zero-order valence-corrected chi connectivity index (χ0v) is 15.1. The Kier molecular flexibility index (Phi) is 5.52. The normalized spacial score (nSPS) is 10.7. The summed E-state index contributed by atoms with van der Waals surface area (Å²) in [7, 11) is 0. The lowest BCUT2D eigenvalue weighted by molar-refractivity contribution is 0.0697. The molecule has 5 nitrogen and oxygen atoms in total. The number of ether oxygens (including phenoxy) is 1. The number of carboxylic acid groups (broad SMARTS) is 1. The van der Waals surface area contributed by atoms with Crippen LogP contribution in [-0.2, 0) is 0 Å². The van der Waals surface area contributed by atoms with Gasteiger partial charge < -0.3 is 9.84 Å². The van der Waals surface area contributed by atoms with E-state index >= 15 is 0 Å². The summed E-state index contributed by atoms with van der Waals surface area (Å²) in [6.07, 6.45) is 1.66. The van der Waals surface area contributed by atoms with Crippen LogP contribution in [0.15, 0.2) is 71.8 Å². The van der Waals surface area contributed by atoms with Gasteiger partial charge in [-0.25, -0.2) is 4.79 Å². The minimum absolute atomic E-state index is 0.211. The number of hydrogen-bond donors (Lipinski definition) is 2. The Balaban J connectivity index is 1.63. The Morgan fingerprint density at radius 1 is 1.04 bits per heavy atom. The van der Waals surface area contributed by atoms with E-state index in [0.717, 1.165) is 28.2 Å². The molecule has 0 aliphatic rings. The predicted molar refractivity (Wildman–Crippen MR) is 107 cm³/mol. The number of nitrogens with zero attached hydrogens (tertiary/aromatic N) is 1. The van der Waals surface area contributed by atoms with Gasteiger partial charge in [0.1, 0.15) is 11.5 Å². The molecule has 0 heterocycles. The first-order chi connectivity index (χ1) is 13.0. The third-order valence-electron chi connectivity index (χ3n) is 3.97. The first-order valence-corrected chi connectivity index (χ1v) is 8.49. The van der Waals surface area contributed by atoms with Gasteiger partial charge in [-0.15, -0.1) is 0 Å². The number of anilines is 1. The Hall–Kier alpha value is -3.60. The van der Waals surface area contributed by atoms with E-state index in [4.69, 9.17) is 9.84 Å². The highest BCUT2D eigenvalue weighted by Gasteiger charge is 2.03. The standard InChI is InChI=1S/C22H20N2O3/c1-15-6-7-16(2)21(12-15)27-20-10-8-17(9-11-20)14-23-24-19-5-3-4-18(13-19)22(25)26/h3-14,24H,1-2H3,(H,25,26). The molecule has 3 rings (SSSR count). The SMILES string of the molecule is Cc1ccc(C)c(Oc2ccc(C=NNc3cccc(C(=O)O)c3)cc2)c1. The number of nitrogens with one attached hydrogen (secondary N) is 1. The number of carboxylic acids is 1. The summed E-state index contributed by atoms with van der Waals surface area (Å²) in [6.45, 7) is 4.05. The molecule has 0 radical (unpaired) electrons. The number of aryl methyl sites for hydroxylation is 2. The Morgan fingerprint density at radius 3 is 2.56 bits per heavy atom. The van der Waals surface area contributed by atoms with Gasteiger partial charge in [0.15, 0.2) is 0 Å². The van der Waals surface area contributed by atoms with Crippen molar-refractivity contribution < 1.29 is 14.6 Å². The van der Waals surface area contributed by atoms with Gasteiger partial charge >= 0.3 is 5.97 Å². The summed E-state index contributed by atoms with van der Waals surface area (Å²) >= 11 is 0. The molecule has 2 N–H and O–H groups in total. The number of benzene rings is 3. The summed E-state index contributed by atoms with van der Waals surface area (Å²) < 4.78 is 5.94. The lowest BCUT2D eigenvalue weighted by Gasteiger charge is -2.09. The zero-order valence-electron chi connectivity index (χ0n) is 15.1. The van der Waals surface area contributed by atoms with Gasteiger partial charge in [0.2, 0.25) is 0 Å². The summed E-state index contributed by atoms with van der Waals surface area (Å²) in [4.78, 5) is 11.0. The minimum atomic E-state index is -0.970. The van der Waals surface area contributed by atoms with Crippen LogP contribution < -0.4 is 10.2 Å². The fourth-order valence-corrected chi connectivity index (χ4v) is 2.47. The highest BCUT2D eigenvalue weighted by atomic mass is 16.5. The van der Waals surface area contributed by atoms with E-state index in [2.05, 4.69) is 16.6 Å². The van der Waals surface area contributed by atoms with E-state index in [-0.39, 0.29) is 5.56 Å². The third-order valence-corrected chi connectivity index (χ3v) is 3.97. The number of hydrogen-bond acceptors (Lipinski definition) is 4. The molecule has 3 aromatic carbocycles. The quantitative estimate of drug-likeness (QED) is 0.466. The van der Waals surface area contributed by atoms with Crippen molar-refractivity contribution in [1.82, 2.24) is 0 Å². The number of hydrazone groups is 1. The van der Waals surface area contributed by atoms with E-state index < -0.39 is 5.97 Å². The molecule has 0 aliphatic heterocycles. The average Bonchev–Trinajstić information content (AvgIpc) is 2.66. The van der Waals surface area contributed by atoms with E-state index in [1.165, 1.54) is 12.1 Å². The average molecular weight is 360 g/mol. The molecule has 0 unspecified atom stereocenters. The Bertz CT molecular complexity index is 979. The number of carbonyl (C=O) groups is 1. The van der Waals surface area contributed by atoms with Gasteiger partial charge in [0, 0.05) is 0 Å². The second kappa shape index (κ2) is 8.19. The maximum atomic E-state index is 11.0. The van der Waals surface area contributed by atoms with Crippen LogP contribution in [0.25, 0.3) is 0 Å².